The second kappa shape index (κ2) is 6.10. The summed E-state index contributed by atoms with van der Waals surface area (Å²) in [5.74, 6) is 0.943. The molecule has 0 spiro atoms. The molecular formula is C11H11Cl3N4O2S. The van der Waals surface area contributed by atoms with E-state index in [9.17, 15) is 8.42 Å². The molecule has 0 saturated heterocycles. The summed E-state index contributed by atoms with van der Waals surface area (Å²) in [7, 11) is -2.50. The summed E-state index contributed by atoms with van der Waals surface area (Å²) in [6.45, 7) is 1.71. The maximum Gasteiger partial charge on any atom is 0.246 e. The first kappa shape index (κ1) is 16.5. The lowest BCUT2D eigenvalue weighted by molar-refractivity contribution is 0.457. The molecule has 0 amide bonds. The number of benzene rings is 1. The van der Waals surface area contributed by atoms with Crippen LogP contribution in [0.4, 0.5) is 0 Å². The van der Waals surface area contributed by atoms with Crippen LogP contribution in [0.3, 0.4) is 0 Å². The van der Waals surface area contributed by atoms with E-state index < -0.39 is 10.0 Å². The number of aryl methyl sites for hydroxylation is 1. The first-order valence-corrected chi connectivity index (χ1v) is 8.28. The second-order valence-electron chi connectivity index (χ2n) is 4.30. The molecule has 1 aromatic carbocycles. The van der Waals surface area contributed by atoms with Gasteiger partial charge in [0.1, 0.15) is 10.7 Å². The Bertz CT molecular complexity index is 753. The zero-order valence-electron chi connectivity index (χ0n) is 11.1. The van der Waals surface area contributed by atoms with Gasteiger partial charge >= 0.3 is 0 Å². The van der Waals surface area contributed by atoms with Gasteiger partial charge < -0.3 is 0 Å². The summed E-state index contributed by atoms with van der Waals surface area (Å²) in [6.07, 6.45) is 0. The van der Waals surface area contributed by atoms with Crippen LogP contribution in [0, 0.1) is 6.92 Å². The number of nitrogens with zero attached hydrogens (tertiary/aromatic N) is 3. The van der Waals surface area contributed by atoms with Crippen molar-refractivity contribution < 1.29 is 8.42 Å². The summed E-state index contributed by atoms with van der Waals surface area (Å²) in [5.41, 5.74) is 0. The maximum absolute atomic E-state index is 12.5. The van der Waals surface area contributed by atoms with E-state index in [1.54, 1.807) is 6.92 Å². The molecule has 0 bridgehead atoms. The van der Waals surface area contributed by atoms with Gasteiger partial charge in [-0.2, -0.15) is 9.40 Å². The molecule has 0 unspecified atom stereocenters. The lowest BCUT2D eigenvalue weighted by Gasteiger charge is -2.17. The smallest absolute Gasteiger partial charge is 0.246 e. The van der Waals surface area contributed by atoms with E-state index in [4.69, 9.17) is 34.8 Å². The first-order valence-electron chi connectivity index (χ1n) is 5.70. The average Bonchev–Trinajstić information content (AvgIpc) is 2.72. The highest BCUT2D eigenvalue weighted by atomic mass is 35.5. The molecule has 0 radical (unpaired) electrons. The number of H-pyrrole nitrogens is 1. The SMILES string of the molecule is Cc1nc(CN(C)S(=O)(=O)c2c(Cl)cc(Cl)cc2Cl)n[nH]1. The van der Waals surface area contributed by atoms with Crippen LogP contribution in [0.5, 0.6) is 0 Å². The molecule has 114 valence electrons. The highest BCUT2D eigenvalue weighted by Crippen LogP contribution is 2.34. The Hall–Kier alpha value is -0.860. The summed E-state index contributed by atoms with van der Waals surface area (Å²) >= 11 is 17.7. The number of hydrogen-bond acceptors (Lipinski definition) is 4. The van der Waals surface area contributed by atoms with Crippen molar-refractivity contribution in [2.75, 3.05) is 7.05 Å². The first-order chi connectivity index (χ1) is 9.71. The van der Waals surface area contributed by atoms with Crippen LogP contribution in [0.25, 0.3) is 0 Å². The lowest BCUT2D eigenvalue weighted by Crippen LogP contribution is -2.27. The molecule has 2 aromatic rings. The van der Waals surface area contributed by atoms with E-state index in [-0.39, 0.29) is 26.5 Å². The van der Waals surface area contributed by atoms with E-state index in [1.807, 2.05) is 0 Å². The van der Waals surface area contributed by atoms with Crippen LogP contribution in [0.2, 0.25) is 15.1 Å². The normalized spacial score (nSPS) is 12.1. The largest absolute Gasteiger partial charge is 0.263 e. The molecule has 0 aliphatic rings. The number of rotatable bonds is 4. The maximum atomic E-state index is 12.5. The summed E-state index contributed by atoms with van der Waals surface area (Å²) in [6, 6.07) is 2.65. The average molecular weight is 370 g/mol. The van der Waals surface area contributed by atoms with Crippen molar-refractivity contribution in [1.29, 1.82) is 0 Å². The van der Waals surface area contributed by atoms with Crippen molar-refractivity contribution in [3.8, 4) is 0 Å². The van der Waals surface area contributed by atoms with Crippen LogP contribution in [0.1, 0.15) is 11.6 Å². The second-order valence-corrected chi connectivity index (χ2v) is 7.53. The number of sulfonamides is 1. The van der Waals surface area contributed by atoms with Gasteiger partial charge in [-0.3, -0.25) is 5.10 Å². The molecule has 0 fully saturated rings. The third kappa shape index (κ3) is 3.49. The number of nitrogens with one attached hydrogen (secondary N) is 1. The predicted octanol–water partition coefficient (Wildman–Crippen LogP) is 2.89. The van der Waals surface area contributed by atoms with Crippen molar-refractivity contribution in [2.45, 2.75) is 18.4 Å². The highest BCUT2D eigenvalue weighted by Gasteiger charge is 2.28. The van der Waals surface area contributed by atoms with Crippen LogP contribution in [-0.4, -0.2) is 35.0 Å². The van der Waals surface area contributed by atoms with E-state index in [2.05, 4.69) is 15.2 Å². The Balaban J connectivity index is 2.38. The fourth-order valence-electron chi connectivity index (χ4n) is 1.68. The van der Waals surface area contributed by atoms with Gasteiger partial charge in [0, 0.05) is 12.1 Å². The summed E-state index contributed by atoms with van der Waals surface area (Å²) in [5, 5.41) is 6.72. The minimum absolute atomic E-state index is 0.0119. The molecule has 0 atom stereocenters. The number of aromatic amines is 1. The van der Waals surface area contributed by atoms with Gasteiger partial charge in [-0.1, -0.05) is 34.8 Å². The van der Waals surface area contributed by atoms with Gasteiger partial charge in [-0.25, -0.2) is 13.4 Å². The van der Waals surface area contributed by atoms with E-state index in [0.29, 0.717) is 11.6 Å². The van der Waals surface area contributed by atoms with Crippen molar-refractivity contribution >= 4 is 44.8 Å². The molecular weight excluding hydrogens is 359 g/mol. The number of halogens is 3. The zero-order valence-corrected chi connectivity index (χ0v) is 14.1. The fourth-order valence-corrected chi connectivity index (χ4v) is 4.28. The lowest BCUT2D eigenvalue weighted by atomic mass is 10.4. The van der Waals surface area contributed by atoms with Gasteiger partial charge in [0.05, 0.1) is 16.6 Å². The minimum atomic E-state index is -3.89. The molecule has 2 rings (SSSR count). The quantitative estimate of drug-likeness (QED) is 0.898. The van der Waals surface area contributed by atoms with Crippen molar-refractivity contribution in [2.24, 2.45) is 0 Å². The van der Waals surface area contributed by atoms with Gasteiger partial charge in [0.25, 0.3) is 0 Å². The Morgan fingerprint density at radius 2 is 1.81 bits per heavy atom. The van der Waals surface area contributed by atoms with Crippen molar-refractivity contribution in [3.05, 3.63) is 38.8 Å². The molecule has 1 aromatic heterocycles. The Morgan fingerprint density at radius 3 is 2.29 bits per heavy atom. The Kier molecular flexibility index (Phi) is 4.79. The van der Waals surface area contributed by atoms with Crippen LogP contribution in [0.15, 0.2) is 17.0 Å². The summed E-state index contributed by atoms with van der Waals surface area (Å²) in [4.78, 5) is 3.87. The van der Waals surface area contributed by atoms with Gasteiger partial charge in [0.2, 0.25) is 10.0 Å². The monoisotopic (exact) mass is 368 g/mol. The molecule has 1 N–H and O–H groups in total. The Labute approximate surface area is 137 Å². The van der Waals surface area contributed by atoms with Crippen LogP contribution >= 0.6 is 34.8 Å². The molecule has 6 nitrogen and oxygen atoms in total. The van der Waals surface area contributed by atoms with Crippen LogP contribution < -0.4 is 0 Å². The topological polar surface area (TPSA) is 79.0 Å². The fraction of sp³-hybridized carbons (Fsp3) is 0.273. The highest BCUT2D eigenvalue weighted by molar-refractivity contribution is 7.89. The van der Waals surface area contributed by atoms with Crippen LogP contribution in [-0.2, 0) is 16.6 Å². The zero-order chi connectivity index (χ0) is 15.8. The molecule has 1 heterocycles. The molecule has 10 heteroatoms. The molecule has 0 aliphatic heterocycles. The number of aromatic nitrogens is 3. The van der Waals surface area contributed by atoms with E-state index in [1.165, 1.54) is 19.2 Å². The predicted molar refractivity (Wildman–Crippen MR) is 81.2 cm³/mol. The van der Waals surface area contributed by atoms with E-state index >= 15 is 0 Å². The third-order valence-corrected chi connectivity index (χ3v) is 5.58. The standard InChI is InChI=1S/C11H11Cl3N4O2S/c1-6-15-10(17-16-6)5-18(2)21(19,20)11-8(13)3-7(12)4-9(11)14/h3-4H,5H2,1-2H3,(H,15,16,17). The third-order valence-electron chi connectivity index (χ3n) is 2.64. The molecule has 0 aliphatic carbocycles. The van der Waals surface area contributed by atoms with Gasteiger partial charge in [-0.15, -0.1) is 0 Å². The molecule has 21 heavy (non-hydrogen) atoms. The Morgan fingerprint density at radius 1 is 1.24 bits per heavy atom. The van der Waals surface area contributed by atoms with Gasteiger partial charge in [0.15, 0.2) is 5.82 Å². The molecule has 0 saturated carbocycles. The van der Waals surface area contributed by atoms with Crippen molar-refractivity contribution in [3.63, 3.8) is 0 Å². The minimum Gasteiger partial charge on any atom is -0.263 e. The van der Waals surface area contributed by atoms with Crippen molar-refractivity contribution in [1.82, 2.24) is 19.5 Å². The summed E-state index contributed by atoms with van der Waals surface area (Å²) < 4.78 is 26.2. The van der Waals surface area contributed by atoms with E-state index in [0.717, 1.165) is 4.31 Å². The number of hydrogen-bond donors (Lipinski definition) is 1. The van der Waals surface area contributed by atoms with Gasteiger partial charge in [-0.05, 0) is 19.1 Å².